The lowest BCUT2D eigenvalue weighted by atomic mass is 10.1. The van der Waals surface area contributed by atoms with Crippen LogP contribution < -0.4 is 0 Å². The van der Waals surface area contributed by atoms with E-state index >= 15 is 0 Å². The summed E-state index contributed by atoms with van der Waals surface area (Å²) in [7, 11) is 2.02. The monoisotopic (exact) mass is 201 g/mol. The predicted octanol–water partition coefficient (Wildman–Crippen LogP) is 2.70. The summed E-state index contributed by atoms with van der Waals surface area (Å²) in [4.78, 5) is 11.4. The summed E-state index contributed by atoms with van der Waals surface area (Å²) in [5.41, 5.74) is 2.33. The molecule has 0 N–H and O–H groups in total. The van der Waals surface area contributed by atoms with Crippen molar-refractivity contribution in [3.63, 3.8) is 0 Å². The van der Waals surface area contributed by atoms with Crippen molar-refractivity contribution >= 4 is 16.7 Å². The second-order valence-electron chi connectivity index (χ2n) is 3.85. The number of Topliss-reactive ketones (excluding diaryl/α,β-unsaturated/α-hetero) is 1. The first-order valence-electron chi connectivity index (χ1n) is 5.27. The number of para-hydroxylation sites is 1. The van der Waals surface area contributed by atoms with E-state index in [0.717, 1.165) is 5.56 Å². The molecule has 0 aliphatic rings. The van der Waals surface area contributed by atoms with Crippen molar-refractivity contribution in [3.05, 3.63) is 36.0 Å². The maximum absolute atomic E-state index is 11.4. The van der Waals surface area contributed by atoms with E-state index in [1.165, 1.54) is 10.9 Å². The molecule has 1 heterocycles. The van der Waals surface area contributed by atoms with Crippen molar-refractivity contribution in [2.45, 2.75) is 19.8 Å². The Morgan fingerprint density at radius 2 is 2.07 bits per heavy atom. The Kier molecular flexibility index (Phi) is 2.58. The van der Waals surface area contributed by atoms with Crippen LogP contribution in [0, 0.1) is 0 Å². The molecule has 2 nitrogen and oxygen atoms in total. The van der Waals surface area contributed by atoms with E-state index in [2.05, 4.69) is 22.9 Å². The highest BCUT2D eigenvalue weighted by atomic mass is 16.1. The van der Waals surface area contributed by atoms with Crippen molar-refractivity contribution < 1.29 is 4.79 Å². The summed E-state index contributed by atoms with van der Waals surface area (Å²) in [6, 6.07) is 8.19. The molecular formula is C13H15NO. The fraction of sp³-hybridized carbons (Fsp3) is 0.308. The summed E-state index contributed by atoms with van der Waals surface area (Å²) in [5.74, 6) is 0.298. The second kappa shape index (κ2) is 3.89. The van der Waals surface area contributed by atoms with Gasteiger partial charge in [-0.1, -0.05) is 25.1 Å². The molecule has 0 saturated carbocycles. The fourth-order valence-corrected chi connectivity index (χ4v) is 1.90. The molecule has 0 fully saturated rings. The Bertz CT molecular complexity index is 496. The molecule has 0 bridgehead atoms. The van der Waals surface area contributed by atoms with Crippen LogP contribution in [0.25, 0.3) is 10.9 Å². The number of ketones is 1. The Labute approximate surface area is 89.5 Å². The third-order valence-corrected chi connectivity index (χ3v) is 2.76. The van der Waals surface area contributed by atoms with Crippen molar-refractivity contribution in [2.75, 3.05) is 0 Å². The van der Waals surface area contributed by atoms with Gasteiger partial charge in [0.1, 0.15) is 5.78 Å². The summed E-state index contributed by atoms with van der Waals surface area (Å²) in [6.07, 6.45) is 3.22. The van der Waals surface area contributed by atoms with Crippen LogP contribution >= 0.6 is 0 Å². The Morgan fingerprint density at radius 1 is 1.33 bits per heavy atom. The van der Waals surface area contributed by atoms with Gasteiger partial charge < -0.3 is 4.57 Å². The number of fused-ring (bicyclic) bond motifs is 1. The van der Waals surface area contributed by atoms with Crippen molar-refractivity contribution in [2.24, 2.45) is 7.05 Å². The summed E-state index contributed by atoms with van der Waals surface area (Å²) in [5, 5.41) is 1.20. The van der Waals surface area contributed by atoms with Gasteiger partial charge >= 0.3 is 0 Å². The molecule has 0 aliphatic carbocycles. The van der Waals surface area contributed by atoms with E-state index in [9.17, 15) is 4.79 Å². The topological polar surface area (TPSA) is 22.0 Å². The van der Waals surface area contributed by atoms with Crippen molar-refractivity contribution in [3.8, 4) is 0 Å². The number of hydrogen-bond donors (Lipinski definition) is 0. The number of carbonyl (C=O) groups excluding carboxylic acids is 1. The lowest BCUT2D eigenvalue weighted by Crippen LogP contribution is -1.99. The van der Waals surface area contributed by atoms with Gasteiger partial charge in [-0.15, -0.1) is 0 Å². The van der Waals surface area contributed by atoms with Crippen molar-refractivity contribution in [1.29, 1.82) is 0 Å². The molecule has 2 heteroatoms. The number of nitrogens with zero attached hydrogens (tertiary/aromatic N) is 1. The molecule has 1 aromatic heterocycles. The average molecular weight is 201 g/mol. The van der Waals surface area contributed by atoms with Gasteiger partial charge in [0.15, 0.2) is 0 Å². The molecule has 0 aliphatic heterocycles. The maximum atomic E-state index is 11.4. The van der Waals surface area contributed by atoms with E-state index in [-0.39, 0.29) is 0 Å². The molecule has 0 spiro atoms. The molecule has 0 saturated heterocycles. The van der Waals surface area contributed by atoms with Gasteiger partial charge in [0.05, 0.1) is 0 Å². The number of rotatable bonds is 3. The fourth-order valence-electron chi connectivity index (χ4n) is 1.90. The summed E-state index contributed by atoms with van der Waals surface area (Å²) in [6.45, 7) is 1.91. The standard InChI is InChI=1S/C13H15NO/c1-3-11(15)8-10-9-14(2)13-7-5-4-6-12(10)13/h4-7,9H,3,8H2,1-2H3. The predicted molar refractivity (Wildman–Crippen MR) is 61.9 cm³/mol. The minimum absolute atomic E-state index is 0.298. The highest BCUT2D eigenvalue weighted by molar-refractivity contribution is 5.89. The average Bonchev–Trinajstić information content (AvgIpc) is 2.57. The zero-order chi connectivity index (χ0) is 10.8. The normalized spacial score (nSPS) is 10.8. The van der Waals surface area contributed by atoms with Crippen LogP contribution in [0.3, 0.4) is 0 Å². The van der Waals surface area contributed by atoms with E-state index in [1.807, 2.05) is 26.1 Å². The summed E-state index contributed by atoms with van der Waals surface area (Å²) >= 11 is 0. The van der Waals surface area contributed by atoms with Gasteiger partial charge in [-0.3, -0.25) is 4.79 Å². The quantitative estimate of drug-likeness (QED) is 0.748. The molecule has 2 rings (SSSR count). The molecule has 0 atom stereocenters. The number of carbonyl (C=O) groups is 1. The zero-order valence-corrected chi connectivity index (χ0v) is 9.16. The Morgan fingerprint density at radius 3 is 2.80 bits per heavy atom. The first kappa shape index (κ1) is 9.97. The van der Waals surface area contributed by atoms with Gasteiger partial charge in [0.25, 0.3) is 0 Å². The van der Waals surface area contributed by atoms with Gasteiger partial charge in [-0.25, -0.2) is 0 Å². The minimum atomic E-state index is 0.298. The molecule has 15 heavy (non-hydrogen) atoms. The highest BCUT2D eigenvalue weighted by Crippen LogP contribution is 2.20. The lowest BCUT2D eigenvalue weighted by molar-refractivity contribution is -0.118. The molecule has 1 aromatic carbocycles. The van der Waals surface area contributed by atoms with Crippen LogP contribution in [0.15, 0.2) is 30.5 Å². The van der Waals surface area contributed by atoms with Crippen LogP contribution in [0.5, 0.6) is 0 Å². The largest absolute Gasteiger partial charge is 0.350 e. The zero-order valence-electron chi connectivity index (χ0n) is 9.16. The third kappa shape index (κ3) is 1.80. The van der Waals surface area contributed by atoms with Crippen LogP contribution in [0.1, 0.15) is 18.9 Å². The van der Waals surface area contributed by atoms with Crippen LogP contribution in [-0.4, -0.2) is 10.4 Å². The smallest absolute Gasteiger partial charge is 0.137 e. The molecule has 0 amide bonds. The Hall–Kier alpha value is -1.57. The molecular weight excluding hydrogens is 186 g/mol. The minimum Gasteiger partial charge on any atom is -0.350 e. The first-order chi connectivity index (χ1) is 7.22. The van der Waals surface area contributed by atoms with E-state index in [4.69, 9.17) is 0 Å². The molecule has 0 unspecified atom stereocenters. The number of hydrogen-bond acceptors (Lipinski definition) is 1. The van der Waals surface area contributed by atoms with E-state index in [0.29, 0.717) is 18.6 Å². The van der Waals surface area contributed by atoms with Crippen molar-refractivity contribution in [1.82, 2.24) is 4.57 Å². The molecule has 78 valence electrons. The van der Waals surface area contributed by atoms with Gasteiger partial charge in [0, 0.05) is 37.0 Å². The SMILES string of the molecule is CCC(=O)Cc1cn(C)c2ccccc12. The lowest BCUT2D eigenvalue weighted by Gasteiger charge is -1.96. The highest BCUT2D eigenvalue weighted by Gasteiger charge is 2.08. The second-order valence-corrected chi connectivity index (χ2v) is 3.85. The third-order valence-electron chi connectivity index (χ3n) is 2.76. The Balaban J connectivity index is 2.48. The van der Waals surface area contributed by atoms with E-state index < -0.39 is 0 Å². The molecule has 2 aromatic rings. The van der Waals surface area contributed by atoms with Gasteiger partial charge in [-0.05, 0) is 11.6 Å². The van der Waals surface area contributed by atoms with Crippen LogP contribution in [-0.2, 0) is 18.3 Å². The van der Waals surface area contributed by atoms with Crippen LogP contribution in [0.4, 0.5) is 0 Å². The number of benzene rings is 1. The van der Waals surface area contributed by atoms with Gasteiger partial charge in [0.2, 0.25) is 0 Å². The number of aryl methyl sites for hydroxylation is 1. The van der Waals surface area contributed by atoms with Gasteiger partial charge in [-0.2, -0.15) is 0 Å². The van der Waals surface area contributed by atoms with Crippen LogP contribution in [0.2, 0.25) is 0 Å². The maximum Gasteiger partial charge on any atom is 0.137 e. The first-order valence-corrected chi connectivity index (χ1v) is 5.27. The number of aromatic nitrogens is 1. The molecule has 0 radical (unpaired) electrons. The summed E-state index contributed by atoms with van der Waals surface area (Å²) < 4.78 is 2.08. The van der Waals surface area contributed by atoms with E-state index in [1.54, 1.807) is 0 Å².